The van der Waals surface area contributed by atoms with E-state index in [0.29, 0.717) is 5.92 Å². The largest absolute Gasteiger partial charge is 0.324 e. The van der Waals surface area contributed by atoms with Gasteiger partial charge in [-0.25, -0.2) is 0 Å². The highest BCUT2D eigenvalue weighted by Crippen LogP contribution is 2.34. The van der Waals surface area contributed by atoms with Crippen molar-refractivity contribution in [2.24, 2.45) is 5.92 Å². The molecule has 0 spiro atoms. The molecule has 0 aromatic carbocycles. The highest BCUT2D eigenvalue weighted by Gasteiger charge is 2.14. The van der Waals surface area contributed by atoms with Crippen molar-refractivity contribution in [3.8, 4) is 9.88 Å². The van der Waals surface area contributed by atoms with E-state index in [-0.39, 0.29) is 9.92 Å². The van der Waals surface area contributed by atoms with E-state index in [4.69, 9.17) is 0 Å². The Morgan fingerprint density at radius 2 is 2.15 bits per heavy atom. The van der Waals surface area contributed by atoms with Crippen molar-refractivity contribution in [2.45, 2.75) is 20.3 Å². The Hall–Kier alpha value is -1.38. The first-order chi connectivity index (χ1) is 9.56. The van der Waals surface area contributed by atoms with Crippen LogP contribution in [0.5, 0.6) is 0 Å². The fraction of sp³-hybridized carbons (Fsp3) is 0.500. The Kier molecular flexibility index (Phi) is 5.16. The van der Waals surface area contributed by atoms with Gasteiger partial charge in [-0.05, 0) is 18.5 Å². The lowest BCUT2D eigenvalue weighted by atomic mass is 10.2. The van der Waals surface area contributed by atoms with Crippen molar-refractivity contribution >= 4 is 27.7 Å². The second-order valence-corrected chi connectivity index (χ2v) is 6.87. The molecule has 0 saturated heterocycles. The van der Waals surface area contributed by atoms with Gasteiger partial charge < -0.3 is 5.32 Å². The molecule has 2 rings (SSSR count). The number of hydrogen-bond acceptors (Lipinski definition) is 7. The van der Waals surface area contributed by atoms with Crippen LogP contribution in [-0.4, -0.2) is 28.2 Å². The van der Waals surface area contributed by atoms with Gasteiger partial charge >= 0.3 is 5.00 Å². The molecule has 108 valence electrons. The highest BCUT2D eigenvalue weighted by atomic mass is 32.1. The van der Waals surface area contributed by atoms with Gasteiger partial charge in [0.15, 0.2) is 5.01 Å². The summed E-state index contributed by atoms with van der Waals surface area (Å²) in [5.74, 6) is 0.631. The summed E-state index contributed by atoms with van der Waals surface area (Å²) in [6.07, 6.45) is 0.831. The summed E-state index contributed by atoms with van der Waals surface area (Å²) < 4.78 is 0. The Morgan fingerprint density at radius 3 is 2.80 bits per heavy atom. The minimum absolute atomic E-state index is 0.135. The topological polar surface area (TPSA) is 81.0 Å². The molecular formula is C12H16N4O2S2. The predicted octanol–water partition coefficient (Wildman–Crippen LogP) is 2.96. The Labute approximate surface area is 125 Å². The molecule has 8 heteroatoms. The number of hydrogen-bond donors (Lipinski definition) is 1. The zero-order valence-electron chi connectivity index (χ0n) is 11.3. The summed E-state index contributed by atoms with van der Waals surface area (Å²) in [6.45, 7) is 6.19. The van der Waals surface area contributed by atoms with E-state index in [0.717, 1.165) is 45.7 Å². The van der Waals surface area contributed by atoms with Crippen molar-refractivity contribution < 1.29 is 4.92 Å². The van der Waals surface area contributed by atoms with Crippen LogP contribution in [0.4, 0.5) is 5.00 Å². The van der Waals surface area contributed by atoms with Crippen molar-refractivity contribution in [1.29, 1.82) is 0 Å². The summed E-state index contributed by atoms with van der Waals surface area (Å²) in [6, 6.07) is 3.23. The van der Waals surface area contributed by atoms with Gasteiger partial charge in [0.2, 0.25) is 0 Å². The van der Waals surface area contributed by atoms with Gasteiger partial charge in [-0.3, -0.25) is 10.1 Å². The molecule has 0 aliphatic rings. The quantitative estimate of drug-likeness (QED) is 0.483. The average Bonchev–Trinajstić information content (AvgIpc) is 3.03. The molecule has 2 aromatic heterocycles. The van der Waals surface area contributed by atoms with Crippen LogP contribution in [-0.2, 0) is 6.42 Å². The van der Waals surface area contributed by atoms with E-state index >= 15 is 0 Å². The summed E-state index contributed by atoms with van der Waals surface area (Å²) >= 11 is 2.63. The molecule has 2 heterocycles. The SMILES string of the molecule is CC(C)CNCCc1nnc(-c2ccc([N+](=O)[O-])s2)s1. The van der Waals surface area contributed by atoms with Crippen molar-refractivity contribution in [2.75, 3.05) is 13.1 Å². The molecule has 0 atom stereocenters. The minimum atomic E-state index is -0.383. The standard InChI is InChI=1S/C12H16N4O2S2/c1-8(2)7-13-6-5-10-14-15-12(20-10)9-3-4-11(19-9)16(17)18/h3-4,8,13H,5-7H2,1-2H3. The van der Waals surface area contributed by atoms with E-state index in [2.05, 4.69) is 29.4 Å². The molecule has 0 amide bonds. The van der Waals surface area contributed by atoms with Gasteiger partial charge in [0, 0.05) is 19.0 Å². The zero-order chi connectivity index (χ0) is 14.5. The number of aromatic nitrogens is 2. The lowest BCUT2D eigenvalue weighted by Gasteiger charge is -2.04. The zero-order valence-corrected chi connectivity index (χ0v) is 13.0. The molecule has 0 aliphatic carbocycles. The molecule has 0 aliphatic heterocycles. The maximum absolute atomic E-state index is 10.7. The molecule has 6 nitrogen and oxygen atoms in total. The molecule has 2 aromatic rings. The normalized spacial score (nSPS) is 11.2. The first-order valence-corrected chi connectivity index (χ1v) is 7.97. The van der Waals surface area contributed by atoms with Gasteiger partial charge in [0.05, 0.1) is 9.80 Å². The third-order valence-electron chi connectivity index (χ3n) is 2.52. The third kappa shape index (κ3) is 4.06. The molecule has 20 heavy (non-hydrogen) atoms. The van der Waals surface area contributed by atoms with Gasteiger partial charge in [0.1, 0.15) is 5.01 Å². The summed E-state index contributed by atoms with van der Waals surface area (Å²) in [4.78, 5) is 11.1. The molecule has 0 radical (unpaired) electrons. The summed E-state index contributed by atoms with van der Waals surface area (Å²) in [5, 5.41) is 24.1. The van der Waals surface area contributed by atoms with Crippen LogP contribution in [0.1, 0.15) is 18.9 Å². The van der Waals surface area contributed by atoms with Crippen LogP contribution in [0.3, 0.4) is 0 Å². The lowest BCUT2D eigenvalue weighted by molar-refractivity contribution is -0.380. The summed E-state index contributed by atoms with van der Waals surface area (Å²) in [7, 11) is 0. The fourth-order valence-corrected chi connectivity index (χ4v) is 3.29. The number of nitrogens with one attached hydrogen (secondary N) is 1. The summed E-state index contributed by atoms with van der Waals surface area (Å²) in [5.41, 5.74) is 0. The second kappa shape index (κ2) is 6.87. The van der Waals surface area contributed by atoms with Gasteiger partial charge in [-0.1, -0.05) is 36.5 Å². The molecular weight excluding hydrogens is 296 g/mol. The van der Waals surface area contributed by atoms with Gasteiger partial charge in [0.25, 0.3) is 0 Å². The molecule has 0 saturated carbocycles. The monoisotopic (exact) mass is 312 g/mol. The lowest BCUT2D eigenvalue weighted by Crippen LogP contribution is -2.22. The van der Waals surface area contributed by atoms with E-state index in [1.54, 1.807) is 6.07 Å². The van der Waals surface area contributed by atoms with E-state index < -0.39 is 0 Å². The number of nitrogens with zero attached hydrogens (tertiary/aromatic N) is 3. The number of thiophene rings is 1. The van der Waals surface area contributed by atoms with Crippen molar-refractivity contribution in [3.05, 3.63) is 27.3 Å². The predicted molar refractivity (Wildman–Crippen MR) is 81.3 cm³/mol. The van der Waals surface area contributed by atoms with Crippen LogP contribution in [0.25, 0.3) is 9.88 Å². The van der Waals surface area contributed by atoms with Gasteiger partial charge in [-0.2, -0.15) is 0 Å². The maximum atomic E-state index is 10.7. The first kappa shape index (κ1) is 15.0. The average molecular weight is 312 g/mol. The van der Waals surface area contributed by atoms with Crippen LogP contribution >= 0.6 is 22.7 Å². The Bertz CT molecular complexity index is 580. The Balaban J connectivity index is 1.92. The first-order valence-electron chi connectivity index (χ1n) is 6.34. The van der Waals surface area contributed by atoms with E-state index in [1.165, 1.54) is 17.4 Å². The van der Waals surface area contributed by atoms with Gasteiger partial charge in [-0.15, -0.1) is 10.2 Å². The van der Waals surface area contributed by atoms with E-state index in [9.17, 15) is 10.1 Å². The van der Waals surface area contributed by atoms with E-state index in [1.807, 2.05) is 0 Å². The second-order valence-electron chi connectivity index (χ2n) is 4.74. The van der Waals surface area contributed by atoms with Crippen LogP contribution < -0.4 is 5.32 Å². The van der Waals surface area contributed by atoms with Crippen molar-refractivity contribution in [1.82, 2.24) is 15.5 Å². The molecule has 0 bridgehead atoms. The van der Waals surface area contributed by atoms with Crippen molar-refractivity contribution in [3.63, 3.8) is 0 Å². The van der Waals surface area contributed by atoms with Crippen LogP contribution in [0.2, 0.25) is 0 Å². The minimum Gasteiger partial charge on any atom is -0.316 e. The van der Waals surface area contributed by atoms with Crippen LogP contribution in [0.15, 0.2) is 12.1 Å². The number of rotatable bonds is 7. The Morgan fingerprint density at radius 1 is 1.35 bits per heavy atom. The number of nitro groups is 1. The molecule has 1 N–H and O–H groups in total. The maximum Gasteiger partial charge on any atom is 0.324 e. The van der Waals surface area contributed by atoms with Crippen LogP contribution in [0, 0.1) is 16.0 Å². The fourth-order valence-electron chi connectivity index (χ4n) is 1.58. The molecule has 0 fully saturated rings. The third-order valence-corrected chi connectivity index (χ3v) is 4.71. The highest BCUT2D eigenvalue weighted by molar-refractivity contribution is 7.23. The molecule has 0 unspecified atom stereocenters. The smallest absolute Gasteiger partial charge is 0.316 e.